The SMILES string of the molecule is C/C=C/COC1CCC2CC(C3CCc4cc(CCCCC)ccc4C3)CCC2C1. The van der Waals surface area contributed by atoms with Gasteiger partial charge in [-0.05, 0) is 118 Å². The Balaban J connectivity index is 1.28. The van der Waals surface area contributed by atoms with Crippen molar-refractivity contribution in [2.24, 2.45) is 23.7 Å². The minimum Gasteiger partial charge on any atom is -0.374 e. The van der Waals surface area contributed by atoms with Crippen molar-refractivity contribution in [3.05, 3.63) is 47.0 Å². The summed E-state index contributed by atoms with van der Waals surface area (Å²) in [6, 6.07) is 7.47. The fourth-order valence-electron chi connectivity index (χ4n) is 6.72. The van der Waals surface area contributed by atoms with Crippen LogP contribution in [0.25, 0.3) is 0 Å². The van der Waals surface area contributed by atoms with Gasteiger partial charge in [-0.3, -0.25) is 0 Å². The van der Waals surface area contributed by atoms with Crippen LogP contribution in [-0.2, 0) is 24.0 Å². The number of fused-ring (bicyclic) bond motifs is 2. The topological polar surface area (TPSA) is 9.23 Å². The molecule has 0 bridgehead atoms. The minimum atomic E-state index is 0.520. The molecule has 2 fully saturated rings. The highest BCUT2D eigenvalue weighted by atomic mass is 16.5. The number of unbranched alkanes of at least 4 members (excludes halogenated alkanes) is 2. The summed E-state index contributed by atoms with van der Waals surface area (Å²) in [5.74, 6) is 3.83. The highest BCUT2D eigenvalue weighted by Gasteiger charge is 2.38. The van der Waals surface area contributed by atoms with E-state index in [1.807, 2.05) is 0 Å². The fraction of sp³-hybridized carbons (Fsp3) is 0.724. The summed E-state index contributed by atoms with van der Waals surface area (Å²) in [6.07, 6.45) is 22.6. The third-order valence-corrected chi connectivity index (χ3v) is 8.54. The molecule has 0 amide bonds. The van der Waals surface area contributed by atoms with Crippen LogP contribution in [0.3, 0.4) is 0 Å². The van der Waals surface area contributed by atoms with Gasteiger partial charge in [0.15, 0.2) is 0 Å². The average molecular weight is 409 g/mol. The number of ether oxygens (including phenoxy) is 1. The average Bonchev–Trinajstić information content (AvgIpc) is 2.78. The summed E-state index contributed by atoms with van der Waals surface area (Å²) in [6.45, 7) is 5.19. The highest BCUT2D eigenvalue weighted by Crippen LogP contribution is 2.47. The summed E-state index contributed by atoms with van der Waals surface area (Å²) in [7, 11) is 0. The molecule has 1 aromatic rings. The van der Waals surface area contributed by atoms with E-state index in [1.54, 1.807) is 16.7 Å². The van der Waals surface area contributed by atoms with Gasteiger partial charge in [0.2, 0.25) is 0 Å². The molecule has 0 aromatic heterocycles. The Labute approximate surface area is 185 Å². The zero-order chi connectivity index (χ0) is 20.8. The first-order valence-corrected chi connectivity index (χ1v) is 13.1. The van der Waals surface area contributed by atoms with Gasteiger partial charge in [0.05, 0.1) is 12.7 Å². The van der Waals surface area contributed by atoms with Crippen LogP contribution in [0, 0.1) is 23.7 Å². The monoisotopic (exact) mass is 408 g/mol. The van der Waals surface area contributed by atoms with E-state index in [0.717, 1.165) is 30.3 Å². The van der Waals surface area contributed by atoms with E-state index in [9.17, 15) is 0 Å². The molecule has 0 aliphatic heterocycles. The summed E-state index contributed by atoms with van der Waals surface area (Å²) in [5, 5.41) is 0. The Hall–Kier alpha value is -1.08. The quantitative estimate of drug-likeness (QED) is 0.316. The first-order chi connectivity index (χ1) is 14.8. The molecular weight excluding hydrogens is 364 g/mol. The molecule has 0 spiro atoms. The molecule has 0 radical (unpaired) electrons. The van der Waals surface area contributed by atoms with E-state index in [1.165, 1.54) is 83.5 Å². The number of hydrogen-bond donors (Lipinski definition) is 0. The smallest absolute Gasteiger partial charge is 0.0651 e. The van der Waals surface area contributed by atoms with Crippen molar-refractivity contribution in [1.82, 2.24) is 0 Å². The number of rotatable bonds is 8. The molecule has 166 valence electrons. The molecule has 1 aromatic carbocycles. The van der Waals surface area contributed by atoms with Gasteiger partial charge in [0, 0.05) is 0 Å². The van der Waals surface area contributed by atoms with Crippen LogP contribution >= 0.6 is 0 Å². The van der Waals surface area contributed by atoms with Gasteiger partial charge >= 0.3 is 0 Å². The summed E-state index contributed by atoms with van der Waals surface area (Å²) in [4.78, 5) is 0. The van der Waals surface area contributed by atoms with Gasteiger partial charge in [-0.25, -0.2) is 0 Å². The fourth-order valence-corrected chi connectivity index (χ4v) is 6.72. The second-order valence-corrected chi connectivity index (χ2v) is 10.5. The van der Waals surface area contributed by atoms with Crippen molar-refractivity contribution < 1.29 is 4.74 Å². The van der Waals surface area contributed by atoms with Crippen molar-refractivity contribution in [3.8, 4) is 0 Å². The van der Waals surface area contributed by atoms with Gasteiger partial charge in [-0.2, -0.15) is 0 Å². The maximum Gasteiger partial charge on any atom is 0.0651 e. The van der Waals surface area contributed by atoms with Crippen LogP contribution < -0.4 is 0 Å². The maximum absolute atomic E-state index is 6.11. The van der Waals surface area contributed by atoms with Crippen LogP contribution in [0.2, 0.25) is 0 Å². The molecule has 4 rings (SSSR count). The number of benzene rings is 1. The third-order valence-electron chi connectivity index (χ3n) is 8.54. The lowest BCUT2D eigenvalue weighted by molar-refractivity contribution is -0.0138. The third kappa shape index (κ3) is 5.58. The lowest BCUT2D eigenvalue weighted by Gasteiger charge is -2.45. The second kappa shape index (κ2) is 11.0. The summed E-state index contributed by atoms with van der Waals surface area (Å²) in [5.41, 5.74) is 4.93. The minimum absolute atomic E-state index is 0.520. The van der Waals surface area contributed by atoms with Crippen LogP contribution in [0.15, 0.2) is 30.4 Å². The molecule has 1 nitrogen and oxygen atoms in total. The van der Waals surface area contributed by atoms with Gasteiger partial charge in [0.25, 0.3) is 0 Å². The number of allylic oxidation sites excluding steroid dienone is 1. The predicted octanol–water partition coefficient (Wildman–Crippen LogP) is 7.70. The normalized spacial score (nSPS) is 31.5. The standard InChI is InChI=1S/C29H44O/c1-3-5-7-8-22-9-10-24-19-25(12-11-23(24)18-22)26-13-14-28-21-29(30-17-6-4-2)16-15-27(28)20-26/h4,6,9-10,18,25-29H,3,5,7-8,11-17,19-21H2,1-2H3/b6-4+. The Morgan fingerprint density at radius 2 is 1.70 bits per heavy atom. The van der Waals surface area contributed by atoms with Crippen molar-refractivity contribution in [2.75, 3.05) is 6.61 Å². The van der Waals surface area contributed by atoms with Crippen molar-refractivity contribution in [3.63, 3.8) is 0 Å². The van der Waals surface area contributed by atoms with E-state index in [2.05, 4.69) is 44.2 Å². The molecule has 2 saturated carbocycles. The van der Waals surface area contributed by atoms with Gasteiger partial charge < -0.3 is 4.74 Å². The van der Waals surface area contributed by atoms with Crippen molar-refractivity contribution in [2.45, 2.75) is 103 Å². The second-order valence-electron chi connectivity index (χ2n) is 10.5. The maximum atomic E-state index is 6.11. The lowest BCUT2D eigenvalue weighted by Crippen LogP contribution is -2.37. The highest BCUT2D eigenvalue weighted by molar-refractivity contribution is 5.34. The molecule has 3 aliphatic rings. The Morgan fingerprint density at radius 3 is 2.53 bits per heavy atom. The van der Waals surface area contributed by atoms with Crippen LogP contribution in [0.1, 0.15) is 94.7 Å². The molecule has 3 aliphatic carbocycles. The first kappa shape index (κ1) is 22.1. The van der Waals surface area contributed by atoms with Gasteiger partial charge in [0.1, 0.15) is 0 Å². The Morgan fingerprint density at radius 1 is 0.900 bits per heavy atom. The predicted molar refractivity (Wildman–Crippen MR) is 128 cm³/mol. The van der Waals surface area contributed by atoms with Crippen LogP contribution in [0.5, 0.6) is 0 Å². The number of hydrogen-bond acceptors (Lipinski definition) is 1. The van der Waals surface area contributed by atoms with E-state index in [-0.39, 0.29) is 0 Å². The van der Waals surface area contributed by atoms with E-state index in [4.69, 9.17) is 4.74 Å². The zero-order valence-electron chi connectivity index (χ0n) is 19.6. The van der Waals surface area contributed by atoms with E-state index >= 15 is 0 Å². The van der Waals surface area contributed by atoms with Gasteiger partial charge in [-0.15, -0.1) is 0 Å². The zero-order valence-corrected chi connectivity index (χ0v) is 19.6. The molecule has 1 heteroatoms. The van der Waals surface area contributed by atoms with Crippen molar-refractivity contribution in [1.29, 1.82) is 0 Å². The molecule has 5 atom stereocenters. The van der Waals surface area contributed by atoms with E-state index < -0.39 is 0 Å². The molecule has 30 heavy (non-hydrogen) atoms. The van der Waals surface area contributed by atoms with Crippen LogP contribution in [0.4, 0.5) is 0 Å². The molecule has 0 heterocycles. The molecule has 5 unspecified atom stereocenters. The summed E-state index contributed by atoms with van der Waals surface area (Å²) >= 11 is 0. The summed E-state index contributed by atoms with van der Waals surface area (Å²) < 4.78 is 6.11. The Bertz CT molecular complexity index is 690. The van der Waals surface area contributed by atoms with Crippen LogP contribution in [-0.4, -0.2) is 12.7 Å². The number of aryl methyl sites for hydroxylation is 2. The van der Waals surface area contributed by atoms with Crippen molar-refractivity contribution >= 4 is 0 Å². The first-order valence-electron chi connectivity index (χ1n) is 13.1. The van der Waals surface area contributed by atoms with E-state index in [0.29, 0.717) is 6.10 Å². The Kier molecular flexibility index (Phi) is 8.10. The molecule has 0 saturated heterocycles. The molecule has 0 N–H and O–H groups in total. The largest absolute Gasteiger partial charge is 0.374 e. The lowest BCUT2D eigenvalue weighted by atomic mass is 9.62. The molecular formula is C29H44O. The van der Waals surface area contributed by atoms with Gasteiger partial charge in [-0.1, -0.05) is 50.1 Å².